The van der Waals surface area contributed by atoms with E-state index in [2.05, 4.69) is 32.7 Å². The van der Waals surface area contributed by atoms with Crippen molar-refractivity contribution in [3.05, 3.63) is 21.4 Å². The van der Waals surface area contributed by atoms with Crippen molar-refractivity contribution in [2.75, 3.05) is 25.1 Å². The van der Waals surface area contributed by atoms with Crippen LogP contribution >= 0.6 is 27.5 Å². The lowest BCUT2D eigenvalue weighted by Crippen LogP contribution is -2.34. The fraction of sp³-hybridized carbons (Fsp3) is 0.538. The molecule has 1 aromatic heterocycles. The number of aromatic nitrogens is 1. The van der Waals surface area contributed by atoms with E-state index in [1.54, 1.807) is 0 Å². The number of esters is 1. The standard InChI is InChI=1S/C13H16BrClN2O2/c1-8-3-5-17(6-4-8)11-9(13(18)19-2)7-16-12(15)10(11)14/h7-8H,3-6H2,1-2H3. The van der Waals surface area contributed by atoms with Crippen LogP contribution in [-0.4, -0.2) is 31.2 Å². The molecule has 0 unspecified atom stereocenters. The summed E-state index contributed by atoms with van der Waals surface area (Å²) in [5.74, 6) is 0.326. The van der Waals surface area contributed by atoms with Crippen LogP contribution in [0.25, 0.3) is 0 Å². The van der Waals surface area contributed by atoms with Gasteiger partial charge in [0.15, 0.2) is 0 Å². The molecule has 1 aromatic rings. The van der Waals surface area contributed by atoms with Crippen LogP contribution in [-0.2, 0) is 4.74 Å². The van der Waals surface area contributed by atoms with E-state index in [-0.39, 0.29) is 0 Å². The Labute approximate surface area is 126 Å². The minimum Gasteiger partial charge on any atom is -0.465 e. The van der Waals surface area contributed by atoms with E-state index in [0.717, 1.165) is 31.6 Å². The third-order valence-electron chi connectivity index (χ3n) is 3.46. The number of rotatable bonds is 2. The Morgan fingerprint density at radius 2 is 2.16 bits per heavy atom. The molecule has 0 saturated carbocycles. The predicted molar refractivity (Wildman–Crippen MR) is 78.9 cm³/mol. The normalized spacial score (nSPS) is 16.5. The van der Waals surface area contributed by atoms with Crippen molar-refractivity contribution in [2.24, 2.45) is 5.92 Å². The van der Waals surface area contributed by atoms with Crippen LogP contribution < -0.4 is 4.90 Å². The highest BCUT2D eigenvalue weighted by atomic mass is 79.9. The maximum Gasteiger partial charge on any atom is 0.341 e. The molecule has 0 aromatic carbocycles. The first-order valence-corrected chi connectivity index (χ1v) is 7.39. The van der Waals surface area contributed by atoms with E-state index in [0.29, 0.717) is 21.1 Å². The van der Waals surface area contributed by atoms with Crippen molar-refractivity contribution in [2.45, 2.75) is 19.8 Å². The summed E-state index contributed by atoms with van der Waals surface area (Å²) in [6.45, 7) is 4.06. The third kappa shape index (κ3) is 3.03. The molecule has 19 heavy (non-hydrogen) atoms. The first kappa shape index (κ1) is 14.6. The molecule has 1 aliphatic heterocycles. The molecule has 0 atom stereocenters. The highest BCUT2D eigenvalue weighted by Gasteiger charge is 2.25. The summed E-state index contributed by atoms with van der Waals surface area (Å²) in [5, 5.41) is 0.362. The highest BCUT2D eigenvalue weighted by Crippen LogP contribution is 2.36. The number of ether oxygens (including phenoxy) is 1. The number of carbonyl (C=O) groups is 1. The average Bonchev–Trinajstić information content (AvgIpc) is 2.42. The molecule has 0 radical (unpaired) electrons. The number of hydrogen-bond donors (Lipinski definition) is 0. The average molecular weight is 348 g/mol. The van der Waals surface area contributed by atoms with Gasteiger partial charge in [-0.05, 0) is 34.7 Å². The summed E-state index contributed by atoms with van der Waals surface area (Å²) < 4.78 is 5.47. The van der Waals surface area contributed by atoms with Crippen molar-refractivity contribution in [3.8, 4) is 0 Å². The number of methoxy groups -OCH3 is 1. The molecular weight excluding hydrogens is 332 g/mol. The molecular formula is C13H16BrClN2O2. The van der Waals surface area contributed by atoms with E-state index in [9.17, 15) is 4.79 Å². The summed E-state index contributed by atoms with van der Waals surface area (Å²) in [5.41, 5.74) is 1.24. The third-order valence-corrected chi connectivity index (χ3v) is 4.72. The van der Waals surface area contributed by atoms with Crippen LogP contribution in [0, 0.1) is 5.92 Å². The molecule has 1 aliphatic rings. The lowest BCUT2D eigenvalue weighted by atomic mass is 9.98. The van der Waals surface area contributed by atoms with E-state index >= 15 is 0 Å². The molecule has 2 rings (SSSR count). The zero-order valence-corrected chi connectivity index (χ0v) is 13.3. The fourth-order valence-corrected chi connectivity index (χ4v) is 2.96. The van der Waals surface area contributed by atoms with Gasteiger partial charge in [0.05, 0.1) is 17.3 Å². The van der Waals surface area contributed by atoms with Crippen molar-refractivity contribution >= 4 is 39.2 Å². The molecule has 1 saturated heterocycles. The highest BCUT2D eigenvalue weighted by molar-refractivity contribution is 9.10. The number of hydrogen-bond acceptors (Lipinski definition) is 4. The van der Waals surface area contributed by atoms with Crippen molar-refractivity contribution in [1.29, 1.82) is 0 Å². The predicted octanol–water partition coefficient (Wildman–Crippen LogP) is 3.52. The van der Waals surface area contributed by atoms with Crippen molar-refractivity contribution < 1.29 is 9.53 Å². The Bertz CT molecular complexity index is 488. The quantitative estimate of drug-likeness (QED) is 0.606. The Kier molecular flexibility index (Phi) is 4.68. The summed E-state index contributed by atoms with van der Waals surface area (Å²) in [4.78, 5) is 18.0. The maximum atomic E-state index is 11.9. The smallest absolute Gasteiger partial charge is 0.341 e. The Morgan fingerprint density at radius 1 is 1.53 bits per heavy atom. The summed E-state index contributed by atoms with van der Waals surface area (Å²) in [6.07, 6.45) is 3.69. The maximum absolute atomic E-state index is 11.9. The molecule has 0 spiro atoms. The number of piperidine rings is 1. The number of halogens is 2. The van der Waals surface area contributed by atoms with E-state index < -0.39 is 5.97 Å². The largest absolute Gasteiger partial charge is 0.465 e. The monoisotopic (exact) mass is 346 g/mol. The summed E-state index contributed by atoms with van der Waals surface area (Å²) in [6, 6.07) is 0. The van der Waals surface area contributed by atoms with Crippen LogP contribution in [0.5, 0.6) is 0 Å². The summed E-state index contributed by atoms with van der Waals surface area (Å²) in [7, 11) is 1.37. The second-order valence-electron chi connectivity index (χ2n) is 4.79. The topological polar surface area (TPSA) is 42.4 Å². The molecule has 0 aliphatic carbocycles. The van der Waals surface area contributed by atoms with Gasteiger partial charge in [0.25, 0.3) is 0 Å². The molecule has 0 bridgehead atoms. The Hall–Kier alpha value is -0.810. The lowest BCUT2D eigenvalue weighted by Gasteiger charge is -2.33. The second kappa shape index (κ2) is 6.09. The van der Waals surface area contributed by atoms with Gasteiger partial charge in [0.1, 0.15) is 10.7 Å². The fourth-order valence-electron chi connectivity index (χ4n) is 2.26. The van der Waals surface area contributed by atoms with Gasteiger partial charge in [-0.3, -0.25) is 0 Å². The zero-order valence-electron chi connectivity index (χ0n) is 10.9. The summed E-state index contributed by atoms with van der Waals surface area (Å²) >= 11 is 9.48. The van der Waals surface area contributed by atoms with Crippen LogP contribution in [0.3, 0.4) is 0 Å². The first-order valence-electron chi connectivity index (χ1n) is 6.21. The minimum absolute atomic E-state index is 0.362. The van der Waals surface area contributed by atoms with E-state index in [4.69, 9.17) is 16.3 Å². The van der Waals surface area contributed by atoms with Crippen LogP contribution in [0.2, 0.25) is 5.15 Å². The van der Waals surface area contributed by atoms with Gasteiger partial charge >= 0.3 is 5.97 Å². The van der Waals surface area contributed by atoms with E-state index in [1.165, 1.54) is 13.3 Å². The SMILES string of the molecule is COC(=O)c1cnc(Cl)c(Br)c1N1CCC(C)CC1. The van der Waals surface area contributed by atoms with Crippen LogP contribution in [0.15, 0.2) is 10.7 Å². The van der Waals surface area contributed by atoms with Crippen molar-refractivity contribution in [3.63, 3.8) is 0 Å². The van der Waals surface area contributed by atoms with Gasteiger partial charge in [0.2, 0.25) is 0 Å². The van der Waals surface area contributed by atoms with Gasteiger partial charge in [0, 0.05) is 19.3 Å². The van der Waals surface area contributed by atoms with Gasteiger partial charge in [-0.15, -0.1) is 0 Å². The molecule has 0 N–H and O–H groups in total. The molecule has 2 heterocycles. The zero-order chi connectivity index (χ0) is 14.0. The molecule has 1 fully saturated rings. The number of pyridine rings is 1. The van der Waals surface area contributed by atoms with E-state index in [1.807, 2.05) is 0 Å². The Morgan fingerprint density at radius 3 is 2.74 bits per heavy atom. The Balaban J connectivity index is 2.41. The van der Waals surface area contributed by atoms with Gasteiger partial charge in [-0.1, -0.05) is 18.5 Å². The second-order valence-corrected chi connectivity index (χ2v) is 5.94. The van der Waals surface area contributed by atoms with Crippen LogP contribution in [0.1, 0.15) is 30.1 Å². The van der Waals surface area contributed by atoms with Gasteiger partial charge in [-0.25, -0.2) is 9.78 Å². The molecule has 6 heteroatoms. The first-order chi connectivity index (χ1) is 9.04. The molecule has 4 nitrogen and oxygen atoms in total. The van der Waals surface area contributed by atoms with Crippen molar-refractivity contribution in [1.82, 2.24) is 4.98 Å². The minimum atomic E-state index is -0.390. The number of carbonyl (C=O) groups excluding carboxylic acids is 1. The lowest BCUT2D eigenvalue weighted by molar-refractivity contribution is 0.0601. The molecule has 104 valence electrons. The van der Waals surface area contributed by atoms with Crippen LogP contribution in [0.4, 0.5) is 5.69 Å². The number of anilines is 1. The van der Waals surface area contributed by atoms with Gasteiger partial charge < -0.3 is 9.64 Å². The number of nitrogens with zero attached hydrogens (tertiary/aromatic N) is 2. The van der Waals surface area contributed by atoms with Gasteiger partial charge in [-0.2, -0.15) is 0 Å². The molecule has 0 amide bonds.